The van der Waals surface area contributed by atoms with Gasteiger partial charge in [-0.2, -0.15) is 9.29 Å². The molecule has 2 aromatic carbocycles. The van der Waals surface area contributed by atoms with Gasteiger partial charge in [-0.1, -0.05) is 35.4 Å². The first-order valence-electron chi connectivity index (χ1n) is 10.6. The lowest BCUT2D eigenvalue weighted by Gasteiger charge is -2.35. The Labute approximate surface area is 189 Å². The van der Waals surface area contributed by atoms with Crippen LogP contribution in [0.2, 0.25) is 0 Å². The molecule has 4 rings (SSSR count). The largest absolute Gasteiger partial charge is 0.439 e. The van der Waals surface area contributed by atoms with E-state index >= 15 is 0 Å². The van der Waals surface area contributed by atoms with Crippen molar-refractivity contribution >= 4 is 15.8 Å². The van der Waals surface area contributed by atoms with Gasteiger partial charge >= 0.3 is 0 Å². The van der Waals surface area contributed by atoms with E-state index in [-0.39, 0.29) is 0 Å². The first-order chi connectivity index (χ1) is 15.2. The molecule has 0 amide bonds. The summed E-state index contributed by atoms with van der Waals surface area (Å²) in [6.45, 7) is 9.54. The molecule has 7 nitrogen and oxygen atoms in total. The third-order valence-electron chi connectivity index (χ3n) is 5.56. The molecule has 8 heteroatoms. The molecule has 3 aromatic rings. The van der Waals surface area contributed by atoms with E-state index in [0.717, 1.165) is 22.5 Å². The number of ether oxygens (including phenoxy) is 1. The van der Waals surface area contributed by atoms with Crippen molar-refractivity contribution in [3.8, 4) is 11.6 Å². The second-order valence-electron chi connectivity index (χ2n) is 8.19. The fourth-order valence-electron chi connectivity index (χ4n) is 3.85. The third-order valence-corrected chi connectivity index (χ3v) is 7.61. The number of nitrogens with zero attached hydrogens (tertiary/aromatic N) is 4. The van der Waals surface area contributed by atoms with E-state index < -0.39 is 10.0 Å². The number of hydrogen-bond donors (Lipinski definition) is 0. The van der Waals surface area contributed by atoms with Crippen LogP contribution >= 0.6 is 0 Å². The molecule has 0 atom stereocenters. The summed E-state index contributed by atoms with van der Waals surface area (Å²) in [5.41, 5.74) is 2.98. The summed E-state index contributed by atoms with van der Waals surface area (Å²) < 4.78 is 33.8. The summed E-state index contributed by atoms with van der Waals surface area (Å²) >= 11 is 0. The van der Waals surface area contributed by atoms with Gasteiger partial charge in [0.15, 0.2) is 0 Å². The predicted molar refractivity (Wildman–Crippen MR) is 125 cm³/mol. The van der Waals surface area contributed by atoms with Gasteiger partial charge in [-0.3, -0.25) is 0 Å². The van der Waals surface area contributed by atoms with Crippen molar-refractivity contribution in [2.24, 2.45) is 0 Å². The minimum atomic E-state index is -3.53. The molecular formula is C24H28N4O3S. The minimum absolute atomic E-state index is 0.378. The molecule has 0 unspecified atom stereocenters. The molecular weight excluding hydrogens is 424 g/mol. The van der Waals surface area contributed by atoms with Crippen molar-refractivity contribution < 1.29 is 13.2 Å². The van der Waals surface area contributed by atoms with Crippen molar-refractivity contribution in [2.45, 2.75) is 32.6 Å². The molecule has 0 spiro atoms. The third kappa shape index (κ3) is 4.76. The number of anilines is 1. The van der Waals surface area contributed by atoms with E-state index in [1.54, 1.807) is 16.4 Å². The van der Waals surface area contributed by atoms with Crippen molar-refractivity contribution in [1.82, 2.24) is 14.3 Å². The van der Waals surface area contributed by atoms with Gasteiger partial charge < -0.3 is 9.64 Å². The maximum absolute atomic E-state index is 13.2. The second-order valence-corrected chi connectivity index (χ2v) is 10.1. The molecule has 1 fully saturated rings. The molecule has 32 heavy (non-hydrogen) atoms. The molecule has 1 aromatic heterocycles. The zero-order valence-electron chi connectivity index (χ0n) is 18.9. The van der Waals surface area contributed by atoms with Crippen LogP contribution in [0.5, 0.6) is 11.6 Å². The van der Waals surface area contributed by atoms with Crippen LogP contribution in [0.15, 0.2) is 53.4 Å². The summed E-state index contributed by atoms with van der Waals surface area (Å²) in [5, 5.41) is 0. The highest BCUT2D eigenvalue weighted by atomic mass is 32.2. The van der Waals surface area contributed by atoms with Gasteiger partial charge in [0.25, 0.3) is 0 Å². The Morgan fingerprint density at radius 3 is 2.12 bits per heavy atom. The average Bonchev–Trinajstić information content (AvgIpc) is 2.75. The number of benzene rings is 2. The molecule has 0 aliphatic carbocycles. The van der Waals surface area contributed by atoms with Crippen molar-refractivity contribution in [2.75, 3.05) is 31.1 Å². The maximum atomic E-state index is 13.2. The van der Waals surface area contributed by atoms with E-state index in [4.69, 9.17) is 4.74 Å². The number of aromatic nitrogens is 2. The van der Waals surface area contributed by atoms with Crippen LogP contribution < -0.4 is 9.64 Å². The topological polar surface area (TPSA) is 75.6 Å². The number of aryl methyl sites for hydroxylation is 4. The van der Waals surface area contributed by atoms with Gasteiger partial charge in [0.1, 0.15) is 17.4 Å². The van der Waals surface area contributed by atoms with E-state index in [9.17, 15) is 8.42 Å². The molecule has 1 aliphatic rings. The zero-order valence-corrected chi connectivity index (χ0v) is 19.7. The highest BCUT2D eigenvalue weighted by Crippen LogP contribution is 2.26. The van der Waals surface area contributed by atoms with Crippen molar-refractivity contribution in [3.63, 3.8) is 0 Å². The predicted octanol–water partition coefficient (Wildman–Crippen LogP) is 4.01. The highest BCUT2D eigenvalue weighted by molar-refractivity contribution is 7.89. The SMILES string of the molecule is Cc1ccc(Oc2cc(N3CCN(S(=O)(=O)c4ccc(C)cc4C)CC3)nc(C)n2)cc1. The smallest absolute Gasteiger partial charge is 0.243 e. The molecule has 0 radical (unpaired) electrons. The Balaban J connectivity index is 1.48. The van der Waals surface area contributed by atoms with Gasteiger partial charge in [0, 0.05) is 32.2 Å². The normalized spacial score (nSPS) is 15.1. The van der Waals surface area contributed by atoms with Crippen molar-refractivity contribution in [3.05, 3.63) is 71.0 Å². The van der Waals surface area contributed by atoms with Crippen LogP contribution in [0.1, 0.15) is 22.5 Å². The summed E-state index contributed by atoms with van der Waals surface area (Å²) in [5.74, 6) is 2.53. The summed E-state index contributed by atoms with van der Waals surface area (Å²) in [7, 11) is -3.53. The van der Waals surface area contributed by atoms with Gasteiger partial charge in [0.2, 0.25) is 15.9 Å². The lowest BCUT2D eigenvalue weighted by molar-refractivity contribution is 0.382. The van der Waals surface area contributed by atoms with Crippen LogP contribution in [-0.4, -0.2) is 48.9 Å². The van der Waals surface area contributed by atoms with Gasteiger partial charge in [-0.15, -0.1) is 0 Å². The molecule has 0 saturated carbocycles. The first kappa shape index (κ1) is 22.2. The second kappa shape index (κ2) is 8.88. The fraction of sp³-hybridized carbons (Fsp3) is 0.333. The Morgan fingerprint density at radius 1 is 0.812 bits per heavy atom. The summed E-state index contributed by atoms with van der Waals surface area (Å²) in [6, 6.07) is 15.0. The highest BCUT2D eigenvalue weighted by Gasteiger charge is 2.30. The number of rotatable bonds is 5. The van der Waals surface area contributed by atoms with Gasteiger partial charge in [0.05, 0.1) is 4.90 Å². The van der Waals surface area contributed by atoms with E-state index in [1.807, 2.05) is 64.1 Å². The Hall–Kier alpha value is -2.97. The van der Waals surface area contributed by atoms with Crippen LogP contribution in [-0.2, 0) is 10.0 Å². The zero-order chi connectivity index (χ0) is 22.9. The van der Waals surface area contributed by atoms with E-state index in [2.05, 4.69) is 14.9 Å². The number of hydrogen-bond acceptors (Lipinski definition) is 6. The Morgan fingerprint density at radius 2 is 1.47 bits per heavy atom. The first-order valence-corrected chi connectivity index (χ1v) is 12.1. The molecule has 0 bridgehead atoms. The lowest BCUT2D eigenvalue weighted by Crippen LogP contribution is -2.49. The fourth-order valence-corrected chi connectivity index (χ4v) is 5.48. The van der Waals surface area contributed by atoms with Gasteiger partial charge in [-0.05, 0) is 51.5 Å². The Bertz CT molecular complexity index is 1220. The van der Waals surface area contributed by atoms with E-state index in [0.29, 0.717) is 48.5 Å². The lowest BCUT2D eigenvalue weighted by atomic mass is 10.2. The molecule has 168 valence electrons. The monoisotopic (exact) mass is 452 g/mol. The van der Waals surface area contributed by atoms with Crippen LogP contribution in [0.3, 0.4) is 0 Å². The van der Waals surface area contributed by atoms with Gasteiger partial charge in [-0.25, -0.2) is 13.4 Å². The molecule has 2 heterocycles. The van der Waals surface area contributed by atoms with E-state index in [1.165, 1.54) is 0 Å². The standard InChI is InChI=1S/C24H28N4O3S/c1-17-5-8-21(9-6-17)31-24-16-23(25-20(4)26-24)27-11-13-28(14-12-27)32(29,30)22-10-7-18(2)15-19(22)3/h5-10,15-16H,11-14H2,1-4H3. The number of piperazine rings is 1. The quantitative estimate of drug-likeness (QED) is 0.582. The number of sulfonamides is 1. The average molecular weight is 453 g/mol. The van der Waals surface area contributed by atoms with Crippen LogP contribution in [0.4, 0.5) is 5.82 Å². The maximum Gasteiger partial charge on any atom is 0.243 e. The summed E-state index contributed by atoms with van der Waals surface area (Å²) in [4.78, 5) is 11.4. The molecule has 1 aliphatic heterocycles. The molecule has 0 N–H and O–H groups in total. The summed E-state index contributed by atoms with van der Waals surface area (Å²) in [6.07, 6.45) is 0. The minimum Gasteiger partial charge on any atom is -0.439 e. The van der Waals surface area contributed by atoms with Crippen LogP contribution in [0, 0.1) is 27.7 Å². The van der Waals surface area contributed by atoms with Crippen LogP contribution in [0.25, 0.3) is 0 Å². The molecule has 1 saturated heterocycles. The Kier molecular flexibility index (Phi) is 6.17. The van der Waals surface area contributed by atoms with Crippen molar-refractivity contribution in [1.29, 1.82) is 0 Å².